The van der Waals surface area contributed by atoms with Crippen LogP contribution in [0.5, 0.6) is 0 Å². The molecule has 18 heavy (non-hydrogen) atoms. The molecular formula is C14H23BN2O. The normalized spacial score (nSPS) is 16.9. The first-order chi connectivity index (χ1) is 8.79. The highest BCUT2D eigenvalue weighted by Crippen LogP contribution is 2.23. The second kappa shape index (κ2) is 6.81. The molecule has 2 rings (SSSR count). The molecule has 3 nitrogen and oxygen atoms in total. The molecule has 0 bridgehead atoms. The second-order valence-electron chi connectivity index (χ2n) is 5.16. The first kappa shape index (κ1) is 13.4. The average molecular weight is 246 g/mol. The Morgan fingerprint density at radius 2 is 2.17 bits per heavy atom. The quantitative estimate of drug-likeness (QED) is 0.488. The third kappa shape index (κ3) is 3.75. The highest BCUT2D eigenvalue weighted by atomic mass is 16.4. The first-order valence-electron chi connectivity index (χ1n) is 6.91. The fourth-order valence-corrected chi connectivity index (χ4v) is 2.45. The molecule has 1 aromatic rings. The smallest absolute Gasteiger partial charge is 0.281 e. The van der Waals surface area contributed by atoms with Crippen LogP contribution in [0.4, 0.5) is 5.69 Å². The number of nitrogens with zero attached hydrogens (tertiary/aromatic N) is 1. The van der Waals surface area contributed by atoms with Gasteiger partial charge in [0, 0.05) is 18.8 Å². The summed E-state index contributed by atoms with van der Waals surface area (Å²) in [4.78, 5) is 2.49. The molecule has 0 amide bonds. The van der Waals surface area contributed by atoms with Crippen LogP contribution in [0.25, 0.3) is 0 Å². The van der Waals surface area contributed by atoms with Crippen LogP contribution in [-0.2, 0) is 11.0 Å². The van der Waals surface area contributed by atoms with Crippen LogP contribution in [0.1, 0.15) is 25.3 Å². The molecule has 0 spiro atoms. The zero-order valence-electron chi connectivity index (χ0n) is 11.3. The summed E-state index contributed by atoms with van der Waals surface area (Å²) >= 11 is 0. The molecule has 1 heterocycles. The lowest BCUT2D eigenvalue weighted by atomic mass is 9.89. The molecule has 1 aromatic carbocycles. The van der Waals surface area contributed by atoms with E-state index in [1.807, 2.05) is 0 Å². The van der Waals surface area contributed by atoms with Crippen LogP contribution < -0.4 is 10.6 Å². The van der Waals surface area contributed by atoms with Crippen molar-refractivity contribution >= 4 is 13.2 Å². The van der Waals surface area contributed by atoms with Crippen molar-refractivity contribution < 1.29 is 4.65 Å². The predicted molar refractivity (Wildman–Crippen MR) is 78.0 cm³/mol. The van der Waals surface area contributed by atoms with Crippen molar-refractivity contribution in [2.75, 3.05) is 24.7 Å². The molecule has 0 saturated carbocycles. The summed E-state index contributed by atoms with van der Waals surface area (Å²) in [6, 6.07) is 8.81. The van der Waals surface area contributed by atoms with Gasteiger partial charge >= 0.3 is 0 Å². The molecule has 1 fully saturated rings. The molecule has 0 aromatic heterocycles. The van der Waals surface area contributed by atoms with Gasteiger partial charge in [-0.25, -0.2) is 0 Å². The van der Waals surface area contributed by atoms with E-state index in [4.69, 9.17) is 10.4 Å². The van der Waals surface area contributed by atoms with Gasteiger partial charge in [-0.05, 0) is 37.2 Å². The summed E-state index contributed by atoms with van der Waals surface area (Å²) in [5.41, 5.74) is 8.01. The maximum Gasteiger partial charge on any atom is 0.281 e. The Balaban J connectivity index is 1.94. The van der Waals surface area contributed by atoms with Gasteiger partial charge in [0.15, 0.2) is 0 Å². The minimum absolute atomic E-state index is 0.309. The van der Waals surface area contributed by atoms with Crippen molar-refractivity contribution in [3.63, 3.8) is 0 Å². The second-order valence-corrected chi connectivity index (χ2v) is 5.16. The summed E-state index contributed by atoms with van der Waals surface area (Å²) in [7, 11) is 0.705. The van der Waals surface area contributed by atoms with Gasteiger partial charge in [-0.3, -0.25) is 0 Å². The highest BCUT2D eigenvalue weighted by molar-refractivity contribution is 6.26. The van der Waals surface area contributed by atoms with Gasteiger partial charge in [0.25, 0.3) is 7.48 Å². The van der Waals surface area contributed by atoms with Gasteiger partial charge in [-0.2, -0.15) is 0 Å². The SMILES string of the molecule is CC1CCN(c2cccc(CBOCN)c2)CC1. The summed E-state index contributed by atoms with van der Waals surface area (Å²) in [5, 5.41) is 0. The summed E-state index contributed by atoms with van der Waals surface area (Å²) in [5.74, 6) is 0.877. The largest absolute Gasteiger partial charge is 0.427 e. The molecule has 1 aliphatic heterocycles. The van der Waals surface area contributed by atoms with Crippen molar-refractivity contribution in [1.82, 2.24) is 0 Å². The van der Waals surface area contributed by atoms with Crippen molar-refractivity contribution in [2.24, 2.45) is 11.7 Å². The van der Waals surface area contributed by atoms with E-state index in [2.05, 4.69) is 36.1 Å². The number of hydrogen-bond acceptors (Lipinski definition) is 3. The van der Waals surface area contributed by atoms with Crippen molar-refractivity contribution in [3.05, 3.63) is 29.8 Å². The molecular weight excluding hydrogens is 223 g/mol. The zero-order valence-corrected chi connectivity index (χ0v) is 11.3. The van der Waals surface area contributed by atoms with E-state index in [9.17, 15) is 0 Å². The number of rotatable bonds is 5. The fourth-order valence-electron chi connectivity index (χ4n) is 2.45. The van der Waals surface area contributed by atoms with Crippen molar-refractivity contribution in [3.8, 4) is 0 Å². The Bertz CT molecular complexity index is 365. The van der Waals surface area contributed by atoms with E-state index in [-0.39, 0.29) is 0 Å². The molecule has 0 atom stereocenters. The van der Waals surface area contributed by atoms with Crippen LogP contribution in [-0.4, -0.2) is 27.3 Å². The fraction of sp³-hybridized carbons (Fsp3) is 0.571. The van der Waals surface area contributed by atoms with Crippen LogP contribution in [0.3, 0.4) is 0 Å². The molecule has 1 saturated heterocycles. The highest BCUT2D eigenvalue weighted by Gasteiger charge is 2.15. The monoisotopic (exact) mass is 246 g/mol. The van der Waals surface area contributed by atoms with Crippen LogP contribution in [0, 0.1) is 5.92 Å². The lowest BCUT2D eigenvalue weighted by molar-refractivity contribution is 0.348. The molecule has 98 valence electrons. The summed E-state index contributed by atoms with van der Waals surface area (Å²) in [6.07, 6.45) is 3.55. The average Bonchev–Trinajstić information content (AvgIpc) is 2.40. The standard InChI is InChI=1S/C14H23BN2O/c1-12-5-7-17(8-6-12)14-4-2-3-13(9-14)10-15-18-11-16/h2-4,9,12,15H,5-8,10-11,16H2,1H3. The van der Waals surface area contributed by atoms with Crippen LogP contribution in [0.15, 0.2) is 24.3 Å². The van der Waals surface area contributed by atoms with E-state index >= 15 is 0 Å². The van der Waals surface area contributed by atoms with E-state index in [1.165, 1.54) is 37.2 Å². The third-order valence-electron chi connectivity index (χ3n) is 3.71. The maximum atomic E-state index is 5.32. The topological polar surface area (TPSA) is 38.5 Å². The number of benzene rings is 1. The lowest BCUT2D eigenvalue weighted by Crippen LogP contribution is -2.32. The minimum Gasteiger partial charge on any atom is -0.427 e. The Morgan fingerprint density at radius 1 is 1.39 bits per heavy atom. The maximum absolute atomic E-state index is 5.32. The lowest BCUT2D eigenvalue weighted by Gasteiger charge is -2.32. The minimum atomic E-state index is 0.309. The van der Waals surface area contributed by atoms with Gasteiger partial charge in [-0.1, -0.05) is 24.6 Å². The van der Waals surface area contributed by atoms with Gasteiger partial charge in [-0.15, -0.1) is 0 Å². The summed E-state index contributed by atoms with van der Waals surface area (Å²) < 4.78 is 5.20. The van der Waals surface area contributed by atoms with Gasteiger partial charge in [0.2, 0.25) is 0 Å². The van der Waals surface area contributed by atoms with E-state index in [1.54, 1.807) is 0 Å². The molecule has 1 aliphatic rings. The van der Waals surface area contributed by atoms with E-state index in [0.29, 0.717) is 14.2 Å². The Kier molecular flexibility index (Phi) is 5.08. The third-order valence-corrected chi connectivity index (χ3v) is 3.71. The van der Waals surface area contributed by atoms with Gasteiger partial charge in [0.05, 0.1) is 6.73 Å². The first-order valence-corrected chi connectivity index (χ1v) is 6.91. The number of hydrogen-bond donors (Lipinski definition) is 1. The molecule has 4 heteroatoms. The Morgan fingerprint density at radius 3 is 2.89 bits per heavy atom. The summed E-state index contributed by atoms with van der Waals surface area (Å²) in [6.45, 7) is 5.02. The van der Waals surface area contributed by atoms with Gasteiger partial charge in [0.1, 0.15) is 0 Å². The van der Waals surface area contributed by atoms with Crippen LogP contribution >= 0.6 is 0 Å². The number of nitrogens with two attached hydrogens (primary N) is 1. The Hall–Kier alpha value is -0.995. The zero-order chi connectivity index (χ0) is 12.8. The number of anilines is 1. The van der Waals surface area contributed by atoms with Crippen molar-refractivity contribution in [1.29, 1.82) is 0 Å². The molecule has 0 unspecified atom stereocenters. The number of piperidine rings is 1. The predicted octanol–water partition coefficient (Wildman–Crippen LogP) is 1.71. The molecule has 0 aliphatic carbocycles. The van der Waals surface area contributed by atoms with Crippen LogP contribution in [0.2, 0.25) is 0 Å². The molecule has 2 N–H and O–H groups in total. The van der Waals surface area contributed by atoms with E-state index in [0.717, 1.165) is 12.2 Å². The molecule has 0 radical (unpaired) electrons. The van der Waals surface area contributed by atoms with Gasteiger partial charge < -0.3 is 15.3 Å². The van der Waals surface area contributed by atoms with Crippen molar-refractivity contribution in [2.45, 2.75) is 26.1 Å². The Labute approximate surface area is 111 Å². The van der Waals surface area contributed by atoms with E-state index < -0.39 is 0 Å².